The first-order valence-corrected chi connectivity index (χ1v) is 8.62. The monoisotopic (exact) mass is 356 g/mol. The second-order valence-corrected chi connectivity index (χ2v) is 5.87. The topological polar surface area (TPSA) is 42.5 Å². The molecule has 0 aromatic heterocycles. The van der Waals surface area contributed by atoms with Gasteiger partial charge in [-0.25, -0.2) is 0 Å². The fourth-order valence-electron chi connectivity index (χ4n) is 2.40. The second kappa shape index (κ2) is 9.69. The van der Waals surface area contributed by atoms with Crippen LogP contribution < -0.4 is 20.1 Å². The summed E-state index contributed by atoms with van der Waals surface area (Å²) in [6.07, 6.45) is 2.63. The molecule has 0 aliphatic rings. The van der Waals surface area contributed by atoms with Crippen molar-refractivity contribution in [1.82, 2.24) is 5.32 Å². The average Bonchev–Trinajstić information content (AvgIpc) is 2.65. The lowest BCUT2D eigenvalue weighted by Crippen LogP contribution is -2.32. The number of methoxy groups -OCH3 is 1. The zero-order chi connectivity index (χ0) is 18.1. The second-order valence-electron chi connectivity index (χ2n) is 5.46. The third-order valence-electron chi connectivity index (χ3n) is 3.69. The molecule has 2 aromatic rings. The Morgan fingerprint density at radius 2 is 1.96 bits per heavy atom. The Bertz CT molecular complexity index is 701. The lowest BCUT2D eigenvalue weighted by Gasteiger charge is -2.20. The number of rotatable bonds is 8. The number of hydrogen-bond donors (Lipinski definition) is 2. The van der Waals surface area contributed by atoms with Gasteiger partial charge in [-0.1, -0.05) is 37.8 Å². The molecule has 0 spiro atoms. The smallest absolute Gasteiger partial charge is 0.171 e. The van der Waals surface area contributed by atoms with Crippen molar-refractivity contribution in [2.45, 2.75) is 19.4 Å². The third-order valence-corrected chi connectivity index (χ3v) is 3.91. The average molecular weight is 356 g/mol. The van der Waals surface area contributed by atoms with Crippen LogP contribution in [-0.2, 0) is 0 Å². The van der Waals surface area contributed by atoms with E-state index in [0.717, 1.165) is 29.2 Å². The summed E-state index contributed by atoms with van der Waals surface area (Å²) < 4.78 is 10.7. The molecule has 0 amide bonds. The predicted molar refractivity (Wildman–Crippen MR) is 108 cm³/mol. The van der Waals surface area contributed by atoms with E-state index in [0.29, 0.717) is 11.7 Å². The number of hydrogen-bond acceptors (Lipinski definition) is 3. The van der Waals surface area contributed by atoms with Crippen molar-refractivity contribution in [3.05, 3.63) is 66.7 Å². The van der Waals surface area contributed by atoms with Crippen molar-refractivity contribution in [1.29, 1.82) is 0 Å². The molecular formula is C20H24N2O2S. The minimum atomic E-state index is 0.131. The molecule has 2 N–H and O–H groups in total. The maximum absolute atomic E-state index is 5.54. The van der Waals surface area contributed by atoms with Crippen LogP contribution in [0.2, 0.25) is 0 Å². The van der Waals surface area contributed by atoms with Crippen LogP contribution in [0.4, 0.5) is 5.69 Å². The van der Waals surface area contributed by atoms with Crippen LogP contribution in [-0.4, -0.2) is 18.8 Å². The van der Waals surface area contributed by atoms with Crippen molar-refractivity contribution in [3.8, 4) is 11.5 Å². The van der Waals surface area contributed by atoms with E-state index < -0.39 is 0 Å². The summed E-state index contributed by atoms with van der Waals surface area (Å²) in [5.74, 6) is 1.62. The van der Waals surface area contributed by atoms with Crippen LogP contribution in [0.1, 0.15) is 24.9 Å². The molecule has 0 saturated heterocycles. The Balaban J connectivity index is 1.98. The zero-order valence-corrected chi connectivity index (χ0v) is 15.4. The van der Waals surface area contributed by atoms with E-state index in [2.05, 4.69) is 24.1 Å². The molecule has 5 heteroatoms. The highest BCUT2D eigenvalue weighted by molar-refractivity contribution is 7.80. The van der Waals surface area contributed by atoms with Gasteiger partial charge in [0, 0.05) is 11.8 Å². The minimum absolute atomic E-state index is 0.131. The SMILES string of the molecule is C=CCOc1cccc(NC(=S)NC(CC)c2ccc(OC)cc2)c1. The van der Waals surface area contributed by atoms with Gasteiger partial charge < -0.3 is 20.1 Å². The Morgan fingerprint density at radius 3 is 2.60 bits per heavy atom. The molecule has 0 aliphatic heterocycles. The first-order valence-electron chi connectivity index (χ1n) is 8.21. The van der Waals surface area contributed by atoms with Crippen molar-refractivity contribution in [2.75, 3.05) is 19.0 Å². The van der Waals surface area contributed by atoms with Gasteiger partial charge in [-0.2, -0.15) is 0 Å². The van der Waals surface area contributed by atoms with E-state index >= 15 is 0 Å². The summed E-state index contributed by atoms with van der Waals surface area (Å²) >= 11 is 5.45. The third kappa shape index (κ3) is 5.80. The van der Waals surface area contributed by atoms with E-state index in [-0.39, 0.29) is 6.04 Å². The fraction of sp³-hybridized carbons (Fsp3) is 0.250. The highest BCUT2D eigenvalue weighted by Gasteiger charge is 2.11. The quantitative estimate of drug-likeness (QED) is 0.530. The number of thiocarbonyl (C=S) groups is 1. The first-order chi connectivity index (χ1) is 12.2. The van der Waals surface area contributed by atoms with Gasteiger partial charge in [0.25, 0.3) is 0 Å². The lowest BCUT2D eigenvalue weighted by molar-refractivity contribution is 0.363. The summed E-state index contributed by atoms with van der Waals surface area (Å²) in [5, 5.41) is 7.13. The molecule has 1 unspecified atom stereocenters. The van der Waals surface area contributed by atoms with Gasteiger partial charge in [-0.05, 0) is 48.5 Å². The molecular weight excluding hydrogens is 332 g/mol. The molecule has 0 bridgehead atoms. The molecule has 0 radical (unpaired) electrons. The van der Waals surface area contributed by atoms with Crippen molar-refractivity contribution in [3.63, 3.8) is 0 Å². The first kappa shape index (κ1) is 18.8. The maximum atomic E-state index is 5.54. The Kier molecular flexibility index (Phi) is 7.29. The predicted octanol–water partition coefficient (Wildman–Crippen LogP) is 4.70. The van der Waals surface area contributed by atoms with E-state index in [1.807, 2.05) is 48.5 Å². The van der Waals surface area contributed by atoms with E-state index in [1.54, 1.807) is 13.2 Å². The van der Waals surface area contributed by atoms with Crippen LogP contribution in [0, 0.1) is 0 Å². The van der Waals surface area contributed by atoms with Gasteiger partial charge in [0.1, 0.15) is 18.1 Å². The van der Waals surface area contributed by atoms with Gasteiger partial charge >= 0.3 is 0 Å². The molecule has 0 fully saturated rings. The summed E-state index contributed by atoms with van der Waals surface area (Å²) in [5.41, 5.74) is 2.04. The number of nitrogens with one attached hydrogen (secondary N) is 2. The van der Waals surface area contributed by atoms with E-state index in [9.17, 15) is 0 Å². The Hall–Kier alpha value is -2.53. The number of benzene rings is 2. The van der Waals surface area contributed by atoms with E-state index in [4.69, 9.17) is 21.7 Å². The fourth-order valence-corrected chi connectivity index (χ4v) is 2.66. The largest absolute Gasteiger partial charge is 0.497 e. The number of anilines is 1. The van der Waals surface area contributed by atoms with Crippen LogP contribution >= 0.6 is 12.2 Å². The summed E-state index contributed by atoms with van der Waals surface area (Å²) in [4.78, 5) is 0. The molecule has 1 atom stereocenters. The van der Waals surface area contributed by atoms with Crippen molar-refractivity contribution < 1.29 is 9.47 Å². The van der Waals surface area contributed by atoms with Crippen LogP contribution in [0.25, 0.3) is 0 Å². The maximum Gasteiger partial charge on any atom is 0.171 e. The number of ether oxygens (including phenoxy) is 2. The normalized spacial score (nSPS) is 11.3. The zero-order valence-electron chi connectivity index (χ0n) is 14.6. The van der Waals surface area contributed by atoms with Crippen LogP contribution in [0.15, 0.2) is 61.2 Å². The molecule has 2 aromatic carbocycles. The van der Waals surface area contributed by atoms with Crippen molar-refractivity contribution >= 4 is 23.0 Å². The minimum Gasteiger partial charge on any atom is -0.497 e. The molecule has 0 heterocycles. The summed E-state index contributed by atoms with van der Waals surface area (Å²) in [6.45, 7) is 6.24. The van der Waals surface area contributed by atoms with Gasteiger partial charge in [-0.15, -0.1) is 0 Å². The van der Waals surface area contributed by atoms with Gasteiger partial charge in [-0.3, -0.25) is 0 Å². The molecule has 132 valence electrons. The van der Waals surface area contributed by atoms with Gasteiger partial charge in [0.2, 0.25) is 0 Å². The highest BCUT2D eigenvalue weighted by Crippen LogP contribution is 2.21. The summed E-state index contributed by atoms with van der Waals surface area (Å²) in [6, 6.07) is 15.8. The Labute approximate surface area is 154 Å². The Morgan fingerprint density at radius 1 is 1.20 bits per heavy atom. The van der Waals surface area contributed by atoms with Crippen LogP contribution in [0.3, 0.4) is 0 Å². The molecule has 2 rings (SSSR count). The lowest BCUT2D eigenvalue weighted by atomic mass is 10.0. The van der Waals surface area contributed by atoms with Gasteiger partial charge in [0.15, 0.2) is 5.11 Å². The molecule has 0 aliphatic carbocycles. The van der Waals surface area contributed by atoms with E-state index in [1.165, 1.54) is 0 Å². The molecule has 0 saturated carbocycles. The standard InChI is InChI=1S/C20H24N2O2S/c1-4-13-24-18-8-6-7-16(14-18)21-20(25)22-19(5-2)15-9-11-17(23-3)12-10-15/h4,6-12,14,19H,1,5,13H2,2-3H3,(H2,21,22,25). The van der Waals surface area contributed by atoms with Gasteiger partial charge in [0.05, 0.1) is 13.2 Å². The highest BCUT2D eigenvalue weighted by atomic mass is 32.1. The summed E-state index contributed by atoms with van der Waals surface area (Å²) in [7, 11) is 1.66. The van der Waals surface area contributed by atoms with Crippen molar-refractivity contribution in [2.24, 2.45) is 0 Å². The molecule has 4 nitrogen and oxygen atoms in total. The van der Waals surface area contributed by atoms with Crippen LogP contribution in [0.5, 0.6) is 11.5 Å². The molecule has 25 heavy (non-hydrogen) atoms.